The van der Waals surface area contributed by atoms with E-state index in [1.54, 1.807) is 6.07 Å². The Morgan fingerprint density at radius 1 is 1.15 bits per heavy atom. The predicted molar refractivity (Wildman–Crippen MR) is 81.0 cm³/mol. The average molecular weight is 359 g/mol. The van der Waals surface area contributed by atoms with Gasteiger partial charge in [0, 0.05) is 24.3 Å². The molecule has 0 fully saturated rings. The summed E-state index contributed by atoms with van der Waals surface area (Å²) in [5, 5.41) is 3.11. The number of furan rings is 1. The summed E-state index contributed by atoms with van der Waals surface area (Å²) in [6, 6.07) is 10.8. The maximum atomic E-state index is 11.9. The van der Waals surface area contributed by atoms with Crippen LogP contribution in [0.5, 0.6) is 0 Å². The Bertz CT molecular complexity index is 678. The summed E-state index contributed by atoms with van der Waals surface area (Å²) < 4.78 is 31.2. The van der Waals surface area contributed by atoms with Gasteiger partial charge in [0.05, 0.1) is 6.54 Å². The van der Waals surface area contributed by atoms with E-state index in [2.05, 4.69) is 21.2 Å². The summed E-state index contributed by atoms with van der Waals surface area (Å²) in [5.74, 6) is 0.563. The lowest BCUT2D eigenvalue weighted by atomic mass is 10.3. The van der Waals surface area contributed by atoms with E-state index in [0.29, 0.717) is 12.3 Å². The number of anilines is 1. The van der Waals surface area contributed by atoms with Gasteiger partial charge in [-0.2, -0.15) is 0 Å². The number of hydrogen-bond donors (Lipinski definition) is 1. The number of rotatable bonds is 5. The van der Waals surface area contributed by atoms with Gasteiger partial charge in [-0.3, -0.25) is 0 Å². The second-order valence-corrected chi connectivity index (χ2v) is 7.37. The monoisotopic (exact) mass is 358 g/mol. The Balaban J connectivity index is 2.05. The molecule has 0 spiro atoms. The molecule has 0 aliphatic heterocycles. The summed E-state index contributed by atoms with van der Waals surface area (Å²) in [6.45, 7) is 0.421. The van der Waals surface area contributed by atoms with E-state index in [0.717, 1.165) is 14.5 Å². The molecule has 20 heavy (non-hydrogen) atoms. The minimum Gasteiger partial charge on any atom is -0.446 e. The maximum absolute atomic E-state index is 11.9. The highest BCUT2D eigenvalue weighted by Crippen LogP contribution is 2.19. The second-order valence-electron chi connectivity index (χ2n) is 4.37. The molecule has 108 valence electrons. The minimum absolute atomic E-state index is 0.0462. The SMILES string of the molecule is CN(C)S(=O)(=O)c1ccc(CNc2ccc(Br)cc2)o1. The number of nitrogens with one attached hydrogen (secondary N) is 1. The van der Waals surface area contributed by atoms with Crippen LogP contribution in [0.15, 0.2) is 50.4 Å². The molecule has 0 unspecified atom stereocenters. The van der Waals surface area contributed by atoms with Crippen molar-refractivity contribution >= 4 is 31.6 Å². The van der Waals surface area contributed by atoms with Crippen molar-refractivity contribution in [3.63, 3.8) is 0 Å². The quantitative estimate of drug-likeness (QED) is 0.892. The zero-order valence-electron chi connectivity index (χ0n) is 11.1. The molecule has 2 aromatic rings. The van der Waals surface area contributed by atoms with Crippen molar-refractivity contribution in [1.82, 2.24) is 4.31 Å². The zero-order valence-corrected chi connectivity index (χ0v) is 13.5. The first kappa shape index (κ1) is 15.1. The lowest BCUT2D eigenvalue weighted by molar-refractivity contribution is 0.402. The van der Waals surface area contributed by atoms with Gasteiger partial charge in [0.1, 0.15) is 5.76 Å². The normalized spacial score (nSPS) is 11.8. The van der Waals surface area contributed by atoms with E-state index in [-0.39, 0.29) is 5.09 Å². The molecular formula is C13H15BrN2O3S. The number of hydrogen-bond acceptors (Lipinski definition) is 4. The van der Waals surface area contributed by atoms with Crippen LogP contribution >= 0.6 is 15.9 Å². The zero-order chi connectivity index (χ0) is 14.8. The molecule has 5 nitrogen and oxygen atoms in total. The maximum Gasteiger partial charge on any atom is 0.275 e. The largest absolute Gasteiger partial charge is 0.446 e. The van der Waals surface area contributed by atoms with E-state index >= 15 is 0 Å². The van der Waals surface area contributed by atoms with E-state index in [9.17, 15) is 8.42 Å². The Hall–Kier alpha value is -1.31. The Morgan fingerprint density at radius 3 is 2.40 bits per heavy atom. The summed E-state index contributed by atoms with van der Waals surface area (Å²) in [6.07, 6.45) is 0. The van der Waals surface area contributed by atoms with Crippen LogP contribution in [0.3, 0.4) is 0 Å². The number of nitrogens with zero attached hydrogens (tertiary/aromatic N) is 1. The number of benzene rings is 1. The standard InChI is InChI=1S/C13H15BrN2O3S/c1-16(2)20(17,18)13-8-7-12(19-13)9-15-11-5-3-10(14)4-6-11/h3-8,15H,9H2,1-2H3. The number of halogens is 1. The molecule has 0 amide bonds. The fourth-order valence-electron chi connectivity index (χ4n) is 1.53. The molecule has 0 bridgehead atoms. The average Bonchev–Trinajstić information content (AvgIpc) is 2.87. The van der Waals surface area contributed by atoms with E-state index < -0.39 is 10.0 Å². The third kappa shape index (κ3) is 3.41. The molecule has 0 atom stereocenters. The van der Waals surface area contributed by atoms with Gasteiger partial charge in [0.25, 0.3) is 10.0 Å². The molecule has 0 aliphatic rings. The van der Waals surface area contributed by atoms with Crippen molar-refractivity contribution in [2.24, 2.45) is 0 Å². The van der Waals surface area contributed by atoms with E-state index in [1.807, 2.05) is 24.3 Å². The van der Waals surface area contributed by atoms with Gasteiger partial charge in [-0.25, -0.2) is 12.7 Å². The summed E-state index contributed by atoms with van der Waals surface area (Å²) in [4.78, 5) is 0. The van der Waals surface area contributed by atoms with Gasteiger partial charge in [-0.15, -0.1) is 0 Å². The van der Waals surface area contributed by atoms with Gasteiger partial charge in [-0.05, 0) is 36.4 Å². The van der Waals surface area contributed by atoms with Gasteiger partial charge in [0.2, 0.25) is 5.09 Å². The van der Waals surface area contributed by atoms with Crippen LogP contribution in [0.2, 0.25) is 0 Å². The Kier molecular flexibility index (Phi) is 4.52. The molecule has 2 rings (SSSR count). The van der Waals surface area contributed by atoms with Crippen molar-refractivity contribution in [2.75, 3.05) is 19.4 Å². The molecule has 1 heterocycles. The fourth-order valence-corrected chi connectivity index (χ4v) is 2.61. The third-order valence-electron chi connectivity index (χ3n) is 2.68. The predicted octanol–water partition coefficient (Wildman–Crippen LogP) is 2.90. The van der Waals surface area contributed by atoms with Crippen molar-refractivity contribution in [3.05, 3.63) is 46.6 Å². The van der Waals surface area contributed by atoms with Crippen LogP contribution in [0.1, 0.15) is 5.76 Å². The van der Waals surface area contributed by atoms with Crippen LogP contribution in [0.4, 0.5) is 5.69 Å². The summed E-state index contributed by atoms with van der Waals surface area (Å²) >= 11 is 3.36. The van der Waals surface area contributed by atoms with Crippen molar-refractivity contribution in [2.45, 2.75) is 11.6 Å². The molecule has 1 aromatic carbocycles. The molecule has 0 saturated heterocycles. The van der Waals surface area contributed by atoms with Gasteiger partial charge >= 0.3 is 0 Å². The first-order chi connectivity index (χ1) is 9.39. The highest BCUT2D eigenvalue weighted by molar-refractivity contribution is 9.10. The molecule has 0 saturated carbocycles. The van der Waals surface area contributed by atoms with Crippen LogP contribution in [-0.2, 0) is 16.6 Å². The fraction of sp³-hybridized carbons (Fsp3) is 0.231. The first-order valence-corrected chi connectivity index (χ1v) is 8.13. The summed E-state index contributed by atoms with van der Waals surface area (Å²) in [7, 11) is -0.572. The van der Waals surface area contributed by atoms with E-state index in [1.165, 1.54) is 20.2 Å². The van der Waals surface area contributed by atoms with Gasteiger partial charge in [0.15, 0.2) is 0 Å². The lowest BCUT2D eigenvalue weighted by Crippen LogP contribution is -2.21. The smallest absolute Gasteiger partial charge is 0.275 e. The van der Waals surface area contributed by atoms with Crippen molar-refractivity contribution in [1.29, 1.82) is 0 Å². The topological polar surface area (TPSA) is 62.6 Å². The van der Waals surface area contributed by atoms with E-state index in [4.69, 9.17) is 4.42 Å². The highest BCUT2D eigenvalue weighted by atomic mass is 79.9. The molecule has 1 aromatic heterocycles. The lowest BCUT2D eigenvalue weighted by Gasteiger charge is -2.08. The molecule has 0 radical (unpaired) electrons. The number of sulfonamides is 1. The van der Waals surface area contributed by atoms with Crippen molar-refractivity contribution in [3.8, 4) is 0 Å². The molecular weight excluding hydrogens is 344 g/mol. The van der Waals surface area contributed by atoms with Gasteiger partial charge in [-0.1, -0.05) is 15.9 Å². The minimum atomic E-state index is -3.51. The van der Waals surface area contributed by atoms with Crippen LogP contribution in [-0.4, -0.2) is 26.8 Å². The molecule has 7 heteroatoms. The van der Waals surface area contributed by atoms with Crippen LogP contribution in [0.25, 0.3) is 0 Å². The van der Waals surface area contributed by atoms with Crippen LogP contribution < -0.4 is 5.32 Å². The highest BCUT2D eigenvalue weighted by Gasteiger charge is 2.21. The summed E-state index contributed by atoms with van der Waals surface area (Å²) in [5.41, 5.74) is 0.932. The first-order valence-electron chi connectivity index (χ1n) is 5.90. The van der Waals surface area contributed by atoms with Gasteiger partial charge < -0.3 is 9.73 Å². The Labute approximate surface area is 126 Å². The van der Waals surface area contributed by atoms with Crippen LogP contribution in [0, 0.1) is 0 Å². The molecule has 1 N–H and O–H groups in total. The van der Waals surface area contributed by atoms with Crippen molar-refractivity contribution < 1.29 is 12.8 Å². The Morgan fingerprint density at radius 2 is 1.80 bits per heavy atom. The molecule has 0 aliphatic carbocycles. The third-order valence-corrected chi connectivity index (χ3v) is 4.90. The second kappa shape index (κ2) is 5.99.